The summed E-state index contributed by atoms with van der Waals surface area (Å²) in [5.41, 5.74) is 2.30. The third-order valence-corrected chi connectivity index (χ3v) is 4.57. The van der Waals surface area contributed by atoms with Crippen molar-refractivity contribution in [2.24, 2.45) is 0 Å². The quantitative estimate of drug-likeness (QED) is 0.639. The molecule has 1 amide bonds. The van der Waals surface area contributed by atoms with Crippen LogP contribution in [0.25, 0.3) is 0 Å². The molecule has 0 aliphatic rings. The Bertz CT molecular complexity index is 897. The Hall–Kier alpha value is -3.21. The molecule has 1 heterocycles. The van der Waals surface area contributed by atoms with Crippen LogP contribution in [0.1, 0.15) is 28.4 Å². The molecule has 2 aromatic carbocycles. The highest BCUT2D eigenvalue weighted by Gasteiger charge is 2.10. The van der Waals surface area contributed by atoms with E-state index in [2.05, 4.69) is 34.3 Å². The first kappa shape index (κ1) is 19.5. The molecule has 3 rings (SSSR count). The van der Waals surface area contributed by atoms with E-state index in [0.717, 1.165) is 18.9 Å². The standard InChI is InChI=1S/C23H24FN3O/c1-2-27(17-18-8-4-3-5-9-18)22-13-12-20(16-26-22)23(28)25-15-14-19-10-6-7-11-21(19)24/h3-13,16H,2,14-15,17H2,1H3,(H,25,28). The van der Waals surface area contributed by atoms with Crippen LogP contribution in [0.3, 0.4) is 0 Å². The van der Waals surface area contributed by atoms with Crippen molar-refractivity contribution in [2.75, 3.05) is 18.0 Å². The van der Waals surface area contributed by atoms with E-state index in [1.807, 2.05) is 24.3 Å². The van der Waals surface area contributed by atoms with Gasteiger partial charge in [-0.1, -0.05) is 48.5 Å². The summed E-state index contributed by atoms with van der Waals surface area (Å²) < 4.78 is 13.6. The summed E-state index contributed by atoms with van der Waals surface area (Å²) in [5.74, 6) is 0.372. The Kier molecular flexibility index (Phi) is 6.73. The lowest BCUT2D eigenvalue weighted by molar-refractivity contribution is 0.0953. The Morgan fingerprint density at radius 2 is 1.79 bits per heavy atom. The van der Waals surface area contributed by atoms with E-state index >= 15 is 0 Å². The molecule has 0 atom stereocenters. The molecule has 0 saturated carbocycles. The molecule has 0 aliphatic carbocycles. The maximum Gasteiger partial charge on any atom is 0.252 e. The molecule has 0 unspecified atom stereocenters. The van der Waals surface area contributed by atoms with Crippen molar-refractivity contribution >= 4 is 11.7 Å². The van der Waals surface area contributed by atoms with Gasteiger partial charge >= 0.3 is 0 Å². The molecule has 0 fully saturated rings. The molecule has 5 heteroatoms. The average molecular weight is 377 g/mol. The fraction of sp³-hybridized carbons (Fsp3) is 0.217. The van der Waals surface area contributed by atoms with E-state index < -0.39 is 0 Å². The van der Waals surface area contributed by atoms with Crippen LogP contribution in [0.5, 0.6) is 0 Å². The first-order valence-electron chi connectivity index (χ1n) is 9.44. The number of carbonyl (C=O) groups is 1. The van der Waals surface area contributed by atoms with Crippen LogP contribution in [-0.2, 0) is 13.0 Å². The number of benzene rings is 2. The summed E-state index contributed by atoms with van der Waals surface area (Å²) in [6.45, 7) is 4.03. The van der Waals surface area contributed by atoms with Crippen LogP contribution in [-0.4, -0.2) is 24.0 Å². The van der Waals surface area contributed by atoms with E-state index in [9.17, 15) is 9.18 Å². The summed E-state index contributed by atoms with van der Waals surface area (Å²) >= 11 is 0. The van der Waals surface area contributed by atoms with Crippen LogP contribution in [0.2, 0.25) is 0 Å². The van der Waals surface area contributed by atoms with Crippen molar-refractivity contribution in [1.82, 2.24) is 10.3 Å². The van der Waals surface area contributed by atoms with Crippen molar-refractivity contribution in [3.05, 3.63) is 95.4 Å². The van der Waals surface area contributed by atoms with E-state index in [4.69, 9.17) is 0 Å². The molecular formula is C23H24FN3O. The van der Waals surface area contributed by atoms with Crippen molar-refractivity contribution in [3.63, 3.8) is 0 Å². The van der Waals surface area contributed by atoms with Crippen molar-refractivity contribution in [2.45, 2.75) is 19.9 Å². The molecule has 0 spiro atoms. The third-order valence-electron chi connectivity index (χ3n) is 4.57. The van der Waals surface area contributed by atoms with Gasteiger partial charge in [-0.3, -0.25) is 4.79 Å². The highest BCUT2D eigenvalue weighted by molar-refractivity contribution is 5.94. The zero-order chi connectivity index (χ0) is 19.8. The van der Waals surface area contributed by atoms with Gasteiger partial charge in [0.05, 0.1) is 5.56 Å². The lowest BCUT2D eigenvalue weighted by Crippen LogP contribution is -2.27. The largest absolute Gasteiger partial charge is 0.353 e. The molecule has 3 aromatic rings. The molecule has 0 aliphatic heterocycles. The van der Waals surface area contributed by atoms with Crippen LogP contribution < -0.4 is 10.2 Å². The SMILES string of the molecule is CCN(Cc1ccccc1)c1ccc(C(=O)NCCc2ccccc2F)cn1. The number of anilines is 1. The van der Waals surface area contributed by atoms with Gasteiger partial charge in [0.25, 0.3) is 5.91 Å². The first-order valence-corrected chi connectivity index (χ1v) is 9.44. The Morgan fingerprint density at radius 1 is 1.04 bits per heavy atom. The second kappa shape index (κ2) is 9.65. The number of amides is 1. The third kappa shape index (κ3) is 5.16. The number of rotatable bonds is 8. The van der Waals surface area contributed by atoms with Crippen LogP contribution in [0.15, 0.2) is 72.9 Å². The number of carbonyl (C=O) groups excluding carboxylic acids is 1. The van der Waals surface area contributed by atoms with Gasteiger partial charge in [0, 0.05) is 25.8 Å². The maximum absolute atomic E-state index is 13.6. The molecule has 0 bridgehead atoms. The molecule has 1 aromatic heterocycles. The van der Waals surface area contributed by atoms with E-state index in [1.165, 1.54) is 11.6 Å². The summed E-state index contributed by atoms with van der Waals surface area (Å²) in [6.07, 6.45) is 2.03. The monoisotopic (exact) mass is 377 g/mol. The number of halogens is 1. The van der Waals surface area contributed by atoms with E-state index in [0.29, 0.717) is 24.1 Å². The van der Waals surface area contributed by atoms with Crippen LogP contribution >= 0.6 is 0 Å². The van der Waals surface area contributed by atoms with Gasteiger partial charge in [-0.05, 0) is 42.7 Å². The topological polar surface area (TPSA) is 45.2 Å². The smallest absolute Gasteiger partial charge is 0.252 e. The first-order chi connectivity index (χ1) is 13.7. The highest BCUT2D eigenvalue weighted by Crippen LogP contribution is 2.15. The van der Waals surface area contributed by atoms with Gasteiger partial charge in [-0.2, -0.15) is 0 Å². The number of pyridine rings is 1. The normalized spacial score (nSPS) is 10.5. The van der Waals surface area contributed by atoms with Crippen molar-refractivity contribution in [1.29, 1.82) is 0 Å². The molecule has 28 heavy (non-hydrogen) atoms. The van der Waals surface area contributed by atoms with Gasteiger partial charge in [0.2, 0.25) is 0 Å². The number of nitrogens with zero attached hydrogens (tertiary/aromatic N) is 2. The predicted octanol–water partition coefficient (Wildman–Crippen LogP) is 4.22. The van der Waals surface area contributed by atoms with Gasteiger partial charge in [0.1, 0.15) is 11.6 Å². The maximum atomic E-state index is 13.6. The Labute approximate surface area is 165 Å². The Morgan fingerprint density at radius 3 is 2.46 bits per heavy atom. The summed E-state index contributed by atoms with van der Waals surface area (Å²) in [4.78, 5) is 18.9. The molecule has 4 nitrogen and oxygen atoms in total. The minimum absolute atomic E-state index is 0.207. The molecular weight excluding hydrogens is 353 g/mol. The Balaban J connectivity index is 1.56. The van der Waals surface area contributed by atoms with Crippen molar-refractivity contribution < 1.29 is 9.18 Å². The number of aromatic nitrogens is 1. The van der Waals surface area contributed by atoms with Gasteiger partial charge in [0.15, 0.2) is 0 Å². The molecule has 0 saturated heterocycles. The van der Waals surface area contributed by atoms with E-state index in [-0.39, 0.29) is 11.7 Å². The fourth-order valence-electron chi connectivity index (χ4n) is 2.98. The van der Waals surface area contributed by atoms with Crippen LogP contribution in [0, 0.1) is 5.82 Å². The lowest BCUT2D eigenvalue weighted by atomic mass is 10.1. The minimum atomic E-state index is -0.249. The number of nitrogens with one attached hydrogen (secondary N) is 1. The summed E-state index contributed by atoms with van der Waals surface area (Å²) in [7, 11) is 0. The molecule has 0 radical (unpaired) electrons. The zero-order valence-corrected chi connectivity index (χ0v) is 15.9. The van der Waals surface area contributed by atoms with Crippen molar-refractivity contribution in [3.8, 4) is 0 Å². The van der Waals surface area contributed by atoms with Gasteiger partial charge in [-0.25, -0.2) is 9.37 Å². The lowest BCUT2D eigenvalue weighted by Gasteiger charge is -2.22. The van der Waals surface area contributed by atoms with Crippen LogP contribution in [0.4, 0.5) is 10.2 Å². The highest BCUT2D eigenvalue weighted by atomic mass is 19.1. The number of hydrogen-bond donors (Lipinski definition) is 1. The predicted molar refractivity (Wildman–Crippen MR) is 110 cm³/mol. The zero-order valence-electron chi connectivity index (χ0n) is 15.9. The van der Waals surface area contributed by atoms with Gasteiger partial charge in [-0.15, -0.1) is 0 Å². The summed E-state index contributed by atoms with van der Waals surface area (Å²) in [5, 5.41) is 2.82. The molecule has 1 N–H and O–H groups in total. The average Bonchev–Trinajstić information content (AvgIpc) is 2.74. The van der Waals surface area contributed by atoms with Gasteiger partial charge < -0.3 is 10.2 Å². The molecule has 144 valence electrons. The minimum Gasteiger partial charge on any atom is -0.353 e. The number of hydrogen-bond acceptors (Lipinski definition) is 3. The second-order valence-electron chi connectivity index (χ2n) is 6.50. The fourth-order valence-corrected chi connectivity index (χ4v) is 2.98. The second-order valence-corrected chi connectivity index (χ2v) is 6.50. The summed E-state index contributed by atoms with van der Waals surface area (Å²) in [6, 6.07) is 20.4. The van der Waals surface area contributed by atoms with E-state index in [1.54, 1.807) is 30.5 Å².